The minimum atomic E-state index is -0.287. The van der Waals surface area contributed by atoms with E-state index >= 15 is 0 Å². The Bertz CT molecular complexity index is 1210. The van der Waals surface area contributed by atoms with Crippen molar-refractivity contribution >= 4 is 40.6 Å². The van der Waals surface area contributed by atoms with Crippen molar-refractivity contribution in [1.82, 2.24) is 14.3 Å². The largest absolute Gasteiger partial charge is 0.335 e. The molecule has 1 atom stereocenters. The van der Waals surface area contributed by atoms with E-state index in [9.17, 15) is 14.4 Å². The molecule has 0 radical (unpaired) electrons. The summed E-state index contributed by atoms with van der Waals surface area (Å²) in [7, 11) is 1.79. The van der Waals surface area contributed by atoms with Crippen LogP contribution in [-0.4, -0.2) is 44.1 Å². The van der Waals surface area contributed by atoms with E-state index in [1.807, 2.05) is 35.2 Å². The van der Waals surface area contributed by atoms with Crippen LogP contribution in [-0.2, 0) is 23.1 Å². The number of nitrogens with zero attached hydrogens (tertiary/aromatic N) is 3. The number of para-hydroxylation sites is 1. The molecule has 0 aliphatic carbocycles. The lowest BCUT2D eigenvalue weighted by atomic mass is 9.98. The third kappa shape index (κ3) is 4.65. The monoisotopic (exact) mass is 484 g/mol. The lowest BCUT2D eigenvalue weighted by molar-refractivity contribution is -0.131. The second-order valence-corrected chi connectivity index (χ2v) is 10.0. The number of rotatable bonds is 7. The number of thiophene rings is 1. The van der Waals surface area contributed by atoms with Gasteiger partial charge in [0.15, 0.2) is 0 Å². The van der Waals surface area contributed by atoms with Crippen molar-refractivity contribution in [2.45, 2.75) is 32.7 Å². The van der Waals surface area contributed by atoms with Crippen LogP contribution in [0.5, 0.6) is 0 Å². The molecular formula is C24H28N4O3S2. The summed E-state index contributed by atoms with van der Waals surface area (Å²) < 4.78 is 3.26. The first kappa shape index (κ1) is 23.4. The molecule has 0 spiro atoms. The van der Waals surface area contributed by atoms with Crippen LogP contribution in [0.2, 0.25) is 0 Å². The molecule has 174 valence electrons. The van der Waals surface area contributed by atoms with Crippen molar-refractivity contribution in [2.75, 3.05) is 23.4 Å². The van der Waals surface area contributed by atoms with Gasteiger partial charge in [-0.05, 0) is 48.9 Å². The Balaban J connectivity index is 1.36. The Morgan fingerprint density at radius 1 is 1.18 bits per heavy atom. The quantitative estimate of drug-likeness (QED) is 0.554. The molecule has 3 heterocycles. The third-order valence-electron chi connectivity index (χ3n) is 6.08. The summed E-state index contributed by atoms with van der Waals surface area (Å²) in [5, 5.41) is 4.85. The maximum atomic E-state index is 12.9. The molecule has 1 aliphatic rings. The summed E-state index contributed by atoms with van der Waals surface area (Å²) in [5.41, 5.74) is 2.66. The van der Waals surface area contributed by atoms with Crippen molar-refractivity contribution in [1.29, 1.82) is 0 Å². The van der Waals surface area contributed by atoms with Crippen LogP contribution in [0.25, 0.3) is 5.69 Å². The highest BCUT2D eigenvalue weighted by Gasteiger charge is 2.30. The summed E-state index contributed by atoms with van der Waals surface area (Å²) in [5.74, 6) is 0.119. The van der Waals surface area contributed by atoms with E-state index in [0.717, 1.165) is 25.1 Å². The number of carbonyl (C=O) groups is 2. The van der Waals surface area contributed by atoms with Crippen LogP contribution < -0.4 is 10.9 Å². The highest BCUT2D eigenvalue weighted by molar-refractivity contribution is 8.00. The van der Waals surface area contributed by atoms with Crippen LogP contribution in [0, 0.1) is 6.92 Å². The molecule has 2 amide bonds. The number of nitrogens with one attached hydrogen (secondary N) is 1. The second-order valence-electron chi connectivity index (χ2n) is 8.04. The normalized spacial score (nSPS) is 15.4. The van der Waals surface area contributed by atoms with Gasteiger partial charge in [-0.25, -0.2) is 4.68 Å². The van der Waals surface area contributed by atoms with E-state index in [2.05, 4.69) is 23.7 Å². The van der Waals surface area contributed by atoms with E-state index in [4.69, 9.17) is 0 Å². The smallest absolute Gasteiger partial charge is 0.295 e. The topological polar surface area (TPSA) is 76.3 Å². The molecule has 33 heavy (non-hydrogen) atoms. The molecule has 4 rings (SSSR count). The highest BCUT2D eigenvalue weighted by Crippen LogP contribution is 2.35. The van der Waals surface area contributed by atoms with Gasteiger partial charge in [0.25, 0.3) is 5.56 Å². The molecule has 0 saturated carbocycles. The van der Waals surface area contributed by atoms with E-state index in [0.29, 0.717) is 5.69 Å². The summed E-state index contributed by atoms with van der Waals surface area (Å²) in [6, 6.07) is 11.5. The Hall–Kier alpha value is -2.78. The average molecular weight is 485 g/mol. The molecule has 0 bridgehead atoms. The standard InChI is InChI=1S/C24H28N4O3S2/c1-4-19-18-11-13-33-20(18)10-12-27(19)22(30)15-32-14-21(29)25-23-16(2)26(3)28(24(23)31)17-8-6-5-7-9-17/h5-9,11,13,19H,4,10,12,14-15H2,1-3H3,(H,25,29). The fraction of sp³-hybridized carbons (Fsp3) is 0.375. The highest BCUT2D eigenvalue weighted by atomic mass is 32.2. The van der Waals surface area contributed by atoms with Gasteiger partial charge in [-0.15, -0.1) is 23.1 Å². The first-order valence-electron chi connectivity index (χ1n) is 11.0. The average Bonchev–Trinajstić information content (AvgIpc) is 3.38. The zero-order valence-corrected chi connectivity index (χ0v) is 20.7. The van der Waals surface area contributed by atoms with Crippen LogP contribution in [0.4, 0.5) is 5.69 Å². The molecule has 1 N–H and O–H groups in total. The van der Waals surface area contributed by atoms with E-state index in [1.54, 1.807) is 30.0 Å². The van der Waals surface area contributed by atoms with Gasteiger partial charge in [0, 0.05) is 18.5 Å². The Morgan fingerprint density at radius 2 is 1.94 bits per heavy atom. The van der Waals surface area contributed by atoms with Gasteiger partial charge < -0.3 is 10.2 Å². The number of fused-ring (bicyclic) bond motifs is 1. The zero-order valence-electron chi connectivity index (χ0n) is 19.0. The number of hydrogen-bond donors (Lipinski definition) is 1. The predicted octanol–water partition coefficient (Wildman–Crippen LogP) is 3.75. The molecule has 0 fully saturated rings. The molecule has 1 unspecified atom stereocenters. The van der Waals surface area contributed by atoms with Crippen molar-refractivity contribution in [3.8, 4) is 5.69 Å². The van der Waals surface area contributed by atoms with E-state index < -0.39 is 0 Å². The molecular weight excluding hydrogens is 456 g/mol. The number of carbonyl (C=O) groups excluding carboxylic acids is 2. The van der Waals surface area contributed by atoms with E-state index in [-0.39, 0.29) is 40.6 Å². The minimum Gasteiger partial charge on any atom is -0.335 e. The summed E-state index contributed by atoms with van der Waals surface area (Å²) >= 11 is 3.04. The number of anilines is 1. The van der Waals surface area contributed by atoms with Gasteiger partial charge in [-0.3, -0.25) is 19.1 Å². The van der Waals surface area contributed by atoms with Crippen LogP contribution in [0.15, 0.2) is 46.6 Å². The third-order valence-corrected chi connectivity index (χ3v) is 7.99. The Labute approximate surface area is 201 Å². The van der Waals surface area contributed by atoms with Gasteiger partial charge in [-0.2, -0.15) is 0 Å². The number of benzene rings is 1. The number of thioether (sulfide) groups is 1. The lowest BCUT2D eigenvalue weighted by Gasteiger charge is -2.35. The van der Waals surface area contributed by atoms with Crippen molar-refractivity contribution in [3.63, 3.8) is 0 Å². The molecule has 7 nitrogen and oxygen atoms in total. The van der Waals surface area contributed by atoms with Crippen molar-refractivity contribution in [3.05, 3.63) is 68.3 Å². The SMILES string of the molecule is CCC1c2ccsc2CCN1C(=O)CSCC(=O)Nc1c(C)n(C)n(-c2ccccc2)c1=O. The first-order valence-corrected chi connectivity index (χ1v) is 13.0. The van der Waals surface area contributed by atoms with E-state index in [1.165, 1.54) is 26.9 Å². The molecule has 2 aromatic heterocycles. The predicted molar refractivity (Wildman–Crippen MR) is 134 cm³/mol. The summed E-state index contributed by atoms with van der Waals surface area (Å²) in [4.78, 5) is 41.7. The fourth-order valence-electron chi connectivity index (χ4n) is 4.34. The molecule has 3 aromatic rings. The van der Waals surface area contributed by atoms with Crippen molar-refractivity contribution < 1.29 is 9.59 Å². The van der Waals surface area contributed by atoms with Gasteiger partial charge in [0.05, 0.1) is 28.9 Å². The minimum absolute atomic E-state index is 0.0545. The number of amides is 2. The fourth-order valence-corrected chi connectivity index (χ4v) is 5.97. The molecule has 9 heteroatoms. The summed E-state index contributed by atoms with van der Waals surface area (Å²) in [6.07, 6.45) is 1.77. The summed E-state index contributed by atoms with van der Waals surface area (Å²) in [6.45, 7) is 4.62. The Morgan fingerprint density at radius 3 is 2.67 bits per heavy atom. The van der Waals surface area contributed by atoms with Gasteiger partial charge in [-0.1, -0.05) is 25.1 Å². The van der Waals surface area contributed by atoms with Crippen LogP contribution in [0.1, 0.15) is 35.5 Å². The Kier molecular flexibility index (Phi) is 7.09. The van der Waals surface area contributed by atoms with Crippen LogP contribution in [0.3, 0.4) is 0 Å². The van der Waals surface area contributed by atoms with Crippen molar-refractivity contribution in [2.24, 2.45) is 7.05 Å². The van der Waals surface area contributed by atoms with Gasteiger partial charge >= 0.3 is 0 Å². The lowest BCUT2D eigenvalue weighted by Crippen LogP contribution is -2.40. The van der Waals surface area contributed by atoms with Crippen LogP contribution >= 0.6 is 23.1 Å². The number of hydrogen-bond acceptors (Lipinski definition) is 5. The maximum Gasteiger partial charge on any atom is 0.295 e. The maximum absolute atomic E-state index is 12.9. The molecule has 0 saturated heterocycles. The zero-order chi connectivity index (χ0) is 23.5. The molecule has 1 aromatic carbocycles. The number of aromatic nitrogens is 2. The second kappa shape index (κ2) is 10.0. The first-order chi connectivity index (χ1) is 15.9. The van der Waals surface area contributed by atoms with Gasteiger partial charge in [0.1, 0.15) is 5.69 Å². The molecule has 1 aliphatic heterocycles. The van der Waals surface area contributed by atoms with Gasteiger partial charge in [0.2, 0.25) is 11.8 Å².